The molecule has 1 aliphatic rings. The Morgan fingerprint density at radius 3 is 2.59 bits per heavy atom. The van der Waals surface area contributed by atoms with E-state index in [1.54, 1.807) is 0 Å². The van der Waals surface area contributed by atoms with Gasteiger partial charge >= 0.3 is 0 Å². The fraction of sp³-hybridized carbons (Fsp3) is 0.0952. The van der Waals surface area contributed by atoms with Crippen LogP contribution in [0.15, 0.2) is 70.2 Å². The fourth-order valence-electron chi connectivity index (χ4n) is 3.16. The molecule has 6 nitrogen and oxygen atoms in total. The van der Waals surface area contributed by atoms with Gasteiger partial charge in [-0.15, -0.1) is 10.2 Å². The predicted octanol–water partition coefficient (Wildman–Crippen LogP) is 5.68. The number of rotatable bonds is 3. The lowest BCUT2D eigenvalue weighted by molar-refractivity contribution is 0.196. The summed E-state index contributed by atoms with van der Waals surface area (Å²) in [5.74, 6) is 1.67. The Morgan fingerprint density at radius 2 is 1.76 bits per heavy atom. The smallest absolute Gasteiger partial charge is 0.247 e. The molecule has 0 bridgehead atoms. The molecule has 0 fully saturated rings. The molecule has 0 saturated heterocycles. The van der Waals surface area contributed by atoms with Gasteiger partial charge in [0.1, 0.15) is 5.76 Å². The molecule has 2 aromatic carbocycles. The molecule has 1 aliphatic heterocycles. The summed E-state index contributed by atoms with van der Waals surface area (Å²) in [5.41, 5.74) is 3.14. The van der Waals surface area contributed by atoms with E-state index in [-0.39, 0.29) is 0 Å². The Balaban J connectivity index is 1.58. The van der Waals surface area contributed by atoms with Crippen molar-refractivity contribution in [2.45, 2.75) is 11.4 Å². The van der Waals surface area contributed by atoms with Gasteiger partial charge in [0, 0.05) is 16.8 Å². The van der Waals surface area contributed by atoms with E-state index < -0.39 is 6.23 Å². The standard InChI is InChI=1S/C21H15ClN4O2S/c1-29-21-24-20-18(25-26-21)13-7-3-5-9-15(13)23-19(28-20)17-11-10-16(27-17)12-6-2-4-8-14(12)22/h2-11,19,23H,1H3. The third-order valence-electron chi connectivity index (χ3n) is 4.54. The summed E-state index contributed by atoms with van der Waals surface area (Å²) >= 11 is 7.72. The number of benzene rings is 2. The zero-order valence-corrected chi connectivity index (χ0v) is 16.9. The Bertz CT molecular complexity index is 1200. The molecule has 0 amide bonds. The molecule has 8 heteroatoms. The fourth-order valence-corrected chi connectivity index (χ4v) is 3.69. The van der Waals surface area contributed by atoms with Crippen LogP contribution in [0.25, 0.3) is 22.6 Å². The van der Waals surface area contributed by atoms with Crippen molar-refractivity contribution in [3.63, 3.8) is 0 Å². The molecule has 0 radical (unpaired) electrons. The van der Waals surface area contributed by atoms with Crippen molar-refractivity contribution in [3.05, 3.63) is 71.4 Å². The van der Waals surface area contributed by atoms with Gasteiger partial charge in [0.15, 0.2) is 11.5 Å². The van der Waals surface area contributed by atoms with E-state index in [0.29, 0.717) is 33.3 Å². The first kappa shape index (κ1) is 18.0. The largest absolute Gasteiger partial charge is 0.455 e. The zero-order chi connectivity index (χ0) is 19.8. The van der Waals surface area contributed by atoms with Crippen molar-refractivity contribution >= 4 is 29.1 Å². The highest BCUT2D eigenvalue weighted by Gasteiger charge is 2.28. The number of furan rings is 1. The van der Waals surface area contributed by atoms with E-state index in [4.69, 9.17) is 20.8 Å². The van der Waals surface area contributed by atoms with Gasteiger partial charge in [-0.3, -0.25) is 0 Å². The molecular weight excluding hydrogens is 408 g/mol. The Morgan fingerprint density at radius 1 is 0.966 bits per heavy atom. The number of fused-ring (bicyclic) bond motifs is 3. The van der Waals surface area contributed by atoms with Crippen LogP contribution in [0, 0.1) is 0 Å². The van der Waals surface area contributed by atoms with Gasteiger partial charge in [0.05, 0.1) is 5.02 Å². The average Bonchev–Trinajstić information content (AvgIpc) is 3.17. The van der Waals surface area contributed by atoms with Crippen LogP contribution in [-0.4, -0.2) is 21.4 Å². The molecule has 0 saturated carbocycles. The molecule has 2 aromatic heterocycles. The molecule has 29 heavy (non-hydrogen) atoms. The quantitative estimate of drug-likeness (QED) is 0.426. The average molecular weight is 423 g/mol. The van der Waals surface area contributed by atoms with Crippen LogP contribution in [0.4, 0.5) is 5.69 Å². The SMILES string of the molecule is CSc1nnc2c(n1)OC(c1ccc(-c3ccccc3Cl)o1)Nc1ccccc1-2. The highest BCUT2D eigenvalue weighted by molar-refractivity contribution is 7.98. The summed E-state index contributed by atoms with van der Waals surface area (Å²) in [4.78, 5) is 4.51. The van der Waals surface area contributed by atoms with Gasteiger partial charge in [-0.2, -0.15) is 4.98 Å². The molecule has 0 aliphatic carbocycles. The maximum Gasteiger partial charge on any atom is 0.247 e. The zero-order valence-electron chi connectivity index (χ0n) is 15.3. The lowest BCUT2D eigenvalue weighted by Crippen LogP contribution is -2.16. The number of thioether (sulfide) groups is 1. The number of para-hydroxylation sites is 1. The van der Waals surface area contributed by atoms with Crippen molar-refractivity contribution in [2.24, 2.45) is 0 Å². The Labute approximate surface area is 176 Å². The van der Waals surface area contributed by atoms with Crippen LogP contribution in [0.1, 0.15) is 12.0 Å². The van der Waals surface area contributed by atoms with E-state index in [1.807, 2.05) is 66.9 Å². The molecule has 1 atom stereocenters. The number of halogens is 1. The Hall–Kier alpha value is -3.03. The first-order chi connectivity index (χ1) is 14.2. The van der Waals surface area contributed by atoms with E-state index in [9.17, 15) is 0 Å². The van der Waals surface area contributed by atoms with Crippen LogP contribution >= 0.6 is 23.4 Å². The van der Waals surface area contributed by atoms with E-state index >= 15 is 0 Å². The summed E-state index contributed by atoms with van der Waals surface area (Å²) < 4.78 is 12.3. The molecule has 0 spiro atoms. The molecular formula is C21H15ClN4O2S. The van der Waals surface area contributed by atoms with Crippen molar-refractivity contribution in [2.75, 3.05) is 11.6 Å². The topological polar surface area (TPSA) is 73.1 Å². The molecule has 3 heterocycles. The van der Waals surface area contributed by atoms with Gasteiger partial charge in [-0.1, -0.05) is 53.7 Å². The van der Waals surface area contributed by atoms with Crippen molar-refractivity contribution in [1.29, 1.82) is 0 Å². The summed E-state index contributed by atoms with van der Waals surface area (Å²) in [6, 6.07) is 19.1. The molecule has 144 valence electrons. The number of ether oxygens (including phenoxy) is 1. The third-order valence-corrected chi connectivity index (χ3v) is 5.41. The minimum absolute atomic E-state index is 0.405. The van der Waals surface area contributed by atoms with E-state index in [0.717, 1.165) is 16.8 Å². The first-order valence-electron chi connectivity index (χ1n) is 8.89. The Kier molecular flexibility index (Phi) is 4.61. The summed E-state index contributed by atoms with van der Waals surface area (Å²) in [7, 11) is 0. The first-order valence-corrected chi connectivity index (χ1v) is 10.5. The molecule has 5 rings (SSSR count). The van der Waals surface area contributed by atoms with Gasteiger partial charge in [0.25, 0.3) is 0 Å². The lowest BCUT2D eigenvalue weighted by atomic mass is 10.1. The molecule has 4 aromatic rings. The van der Waals surface area contributed by atoms with Crippen LogP contribution < -0.4 is 10.1 Å². The molecule has 1 unspecified atom stereocenters. The van der Waals surface area contributed by atoms with Gasteiger partial charge in [-0.25, -0.2) is 0 Å². The third kappa shape index (κ3) is 3.32. The highest BCUT2D eigenvalue weighted by atomic mass is 35.5. The van der Waals surface area contributed by atoms with Crippen LogP contribution in [0.5, 0.6) is 5.88 Å². The second-order valence-electron chi connectivity index (χ2n) is 6.32. The highest BCUT2D eigenvalue weighted by Crippen LogP contribution is 2.40. The second-order valence-corrected chi connectivity index (χ2v) is 7.50. The van der Waals surface area contributed by atoms with Crippen LogP contribution in [0.2, 0.25) is 5.02 Å². The number of hydrogen-bond acceptors (Lipinski definition) is 7. The molecule has 1 N–H and O–H groups in total. The number of nitrogens with zero attached hydrogens (tertiary/aromatic N) is 3. The lowest BCUT2D eigenvalue weighted by Gasteiger charge is -2.16. The van der Waals surface area contributed by atoms with E-state index in [2.05, 4.69) is 20.5 Å². The number of nitrogens with one attached hydrogen (secondary N) is 1. The maximum atomic E-state index is 6.31. The van der Waals surface area contributed by atoms with Gasteiger partial charge in [0.2, 0.25) is 17.3 Å². The number of hydrogen-bond donors (Lipinski definition) is 1. The van der Waals surface area contributed by atoms with Crippen molar-refractivity contribution < 1.29 is 9.15 Å². The monoisotopic (exact) mass is 422 g/mol. The minimum atomic E-state index is -0.583. The number of aromatic nitrogens is 3. The van der Waals surface area contributed by atoms with Crippen LogP contribution in [0.3, 0.4) is 0 Å². The minimum Gasteiger partial charge on any atom is -0.455 e. The predicted molar refractivity (Wildman–Crippen MR) is 113 cm³/mol. The van der Waals surface area contributed by atoms with Gasteiger partial charge in [-0.05, 0) is 36.6 Å². The van der Waals surface area contributed by atoms with Gasteiger partial charge < -0.3 is 14.5 Å². The summed E-state index contributed by atoms with van der Waals surface area (Å²) in [6.45, 7) is 0. The second kappa shape index (κ2) is 7.42. The van der Waals surface area contributed by atoms with Crippen molar-refractivity contribution in [1.82, 2.24) is 15.2 Å². The normalized spacial score (nSPS) is 14.9. The summed E-state index contributed by atoms with van der Waals surface area (Å²) in [6.07, 6.45) is 1.31. The van der Waals surface area contributed by atoms with Crippen molar-refractivity contribution in [3.8, 4) is 28.5 Å². The summed E-state index contributed by atoms with van der Waals surface area (Å²) in [5, 5.41) is 13.0. The van der Waals surface area contributed by atoms with Crippen LogP contribution in [-0.2, 0) is 0 Å². The number of anilines is 1. The maximum absolute atomic E-state index is 6.31. The van der Waals surface area contributed by atoms with E-state index in [1.165, 1.54) is 11.8 Å².